The highest BCUT2D eigenvalue weighted by Gasteiger charge is 2.23. The van der Waals surface area contributed by atoms with Gasteiger partial charge in [-0.05, 0) is 54.7 Å². The molecule has 176 valence electrons. The molecule has 0 aliphatic heterocycles. The molecule has 9 heteroatoms. The molecule has 0 bridgehead atoms. The Morgan fingerprint density at radius 2 is 1.52 bits per heavy atom. The maximum atomic E-state index is 12.9. The molecule has 0 fully saturated rings. The predicted molar refractivity (Wildman–Crippen MR) is 127 cm³/mol. The Morgan fingerprint density at radius 1 is 0.909 bits per heavy atom. The fourth-order valence-corrected chi connectivity index (χ4v) is 5.01. The van der Waals surface area contributed by atoms with Crippen LogP contribution in [-0.4, -0.2) is 41.9 Å². The zero-order valence-electron chi connectivity index (χ0n) is 19.2. The maximum absolute atomic E-state index is 12.9. The Balaban J connectivity index is 1.65. The Morgan fingerprint density at radius 3 is 2.09 bits per heavy atom. The molecule has 1 N–H and O–H groups in total. The third kappa shape index (κ3) is 6.27. The number of nitrogens with one attached hydrogen (secondary N) is 1. The minimum atomic E-state index is -3.60. The van der Waals surface area contributed by atoms with Crippen LogP contribution in [0.2, 0.25) is 0 Å². The second-order valence-corrected chi connectivity index (χ2v) is 9.67. The SMILES string of the molecule is CCCN(CCC)S(=O)(=O)c1ccc(C(=O)Nc2nnc(Cc3ccc(CC)cc3)o2)cc1. The number of aryl methyl sites for hydroxylation is 1. The predicted octanol–water partition coefficient (Wildman–Crippen LogP) is 4.29. The molecule has 0 saturated carbocycles. The molecule has 0 atom stereocenters. The Hall–Kier alpha value is -3.04. The third-order valence-electron chi connectivity index (χ3n) is 5.17. The molecular weight excluding hydrogens is 440 g/mol. The van der Waals surface area contributed by atoms with Crippen molar-refractivity contribution in [2.24, 2.45) is 0 Å². The number of hydrogen-bond acceptors (Lipinski definition) is 6. The number of benzene rings is 2. The van der Waals surface area contributed by atoms with Crippen molar-refractivity contribution in [3.05, 3.63) is 71.1 Å². The van der Waals surface area contributed by atoms with Gasteiger partial charge in [0.1, 0.15) is 0 Å². The molecule has 0 unspecified atom stereocenters. The van der Waals surface area contributed by atoms with Crippen LogP contribution in [0.5, 0.6) is 0 Å². The summed E-state index contributed by atoms with van der Waals surface area (Å²) in [6.07, 6.45) is 2.90. The number of amides is 1. The van der Waals surface area contributed by atoms with Crippen LogP contribution in [0.3, 0.4) is 0 Å². The monoisotopic (exact) mass is 470 g/mol. The highest BCUT2D eigenvalue weighted by atomic mass is 32.2. The zero-order chi connectivity index (χ0) is 23.8. The van der Waals surface area contributed by atoms with E-state index in [2.05, 4.69) is 34.6 Å². The summed E-state index contributed by atoms with van der Waals surface area (Å²) in [7, 11) is -3.60. The molecule has 1 amide bonds. The molecule has 0 saturated heterocycles. The van der Waals surface area contributed by atoms with E-state index in [-0.39, 0.29) is 10.9 Å². The summed E-state index contributed by atoms with van der Waals surface area (Å²) in [5.74, 6) is -0.0663. The van der Waals surface area contributed by atoms with E-state index in [0.717, 1.165) is 24.8 Å². The molecule has 8 nitrogen and oxygen atoms in total. The van der Waals surface area contributed by atoms with Crippen LogP contribution in [0, 0.1) is 0 Å². The van der Waals surface area contributed by atoms with Crippen LogP contribution >= 0.6 is 0 Å². The maximum Gasteiger partial charge on any atom is 0.322 e. The molecule has 1 aromatic heterocycles. The number of carbonyl (C=O) groups is 1. The van der Waals surface area contributed by atoms with Crippen molar-refractivity contribution in [1.82, 2.24) is 14.5 Å². The van der Waals surface area contributed by atoms with E-state index in [1.807, 2.05) is 26.0 Å². The van der Waals surface area contributed by atoms with Gasteiger partial charge in [-0.2, -0.15) is 4.31 Å². The number of anilines is 1. The number of aromatic nitrogens is 2. The van der Waals surface area contributed by atoms with E-state index in [1.54, 1.807) is 0 Å². The molecule has 0 radical (unpaired) electrons. The van der Waals surface area contributed by atoms with E-state index in [0.29, 0.717) is 31.0 Å². The van der Waals surface area contributed by atoms with Crippen LogP contribution in [0.4, 0.5) is 6.01 Å². The topological polar surface area (TPSA) is 105 Å². The lowest BCUT2D eigenvalue weighted by Gasteiger charge is -2.21. The molecule has 33 heavy (non-hydrogen) atoms. The molecule has 0 aliphatic rings. The standard InChI is InChI=1S/C24H30N4O4S/c1-4-15-28(16-5-2)33(30,31)21-13-11-20(12-14-21)23(29)25-24-27-26-22(32-24)17-19-9-7-18(6-3)8-10-19/h7-14H,4-6,15-17H2,1-3H3,(H,25,27,29). The first-order valence-corrected chi connectivity index (χ1v) is 12.6. The normalized spacial score (nSPS) is 11.6. The van der Waals surface area contributed by atoms with Crippen molar-refractivity contribution >= 4 is 21.9 Å². The van der Waals surface area contributed by atoms with Crippen molar-refractivity contribution in [2.45, 2.75) is 51.3 Å². The fraction of sp³-hybridized carbons (Fsp3) is 0.375. The summed E-state index contributed by atoms with van der Waals surface area (Å²) in [5, 5.41) is 10.4. The molecule has 0 spiro atoms. The van der Waals surface area contributed by atoms with Crippen LogP contribution in [0.15, 0.2) is 57.8 Å². The minimum absolute atomic E-state index is 0.00561. The molecule has 0 aliphatic carbocycles. The fourth-order valence-electron chi connectivity index (χ4n) is 3.39. The van der Waals surface area contributed by atoms with Gasteiger partial charge in [-0.1, -0.05) is 50.1 Å². The van der Waals surface area contributed by atoms with Crippen molar-refractivity contribution in [3.8, 4) is 0 Å². The first-order valence-electron chi connectivity index (χ1n) is 11.2. The Labute approximate surface area is 195 Å². The zero-order valence-corrected chi connectivity index (χ0v) is 20.1. The average Bonchev–Trinajstić information content (AvgIpc) is 3.26. The quantitative estimate of drug-likeness (QED) is 0.448. The lowest BCUT2D eigenvalue weighted by molar-refractivity contribution is 0.102. The summed E-state index contributed by atoms with van der Waals surface area (Å²) in [6.45, 7) is 6.90. The van der Waals surface area contributed by atoms with Crippen molar-refractivity contribution < 1.29 is 17.6 Å². The minimum Gasteiger partial charge on any atom is -0.407 e. The second kappa shape index (κ2) is 11.2. The van der Waals surface area contributed by atoms with E-state index in [9.17, 15) is 13.2 Å². The van der Waals surface area contributed by atoms with Gasteiger partial charge in [-0.15, -0.1) is 5.10 Å². The summed E-state index contributed by atoms with van der Waals surface area (Å²) < 4.78 is 32.7. The highest BCUT2D eigenvalue weighted by Crippen LogP contribution is 2.18. The average molecular weight is 471 g/mol. The summed E-state index contributed by atoms with van der Waals surface area (Å²) in [6, 6.07) is 14.0. The van der Waals surface area contributed by atoms with Crippen molar-refractivity contribution in [3.63, 3.8) is 0 Å². The van der Waals surface area contributed by atoms with E-state index in [1.165, 1.54) is 34.1 Å². The molecule has 3 aromatic rings. The number of rotatable bonds is 11. The smallest absolute Gasteiger partial charge is 0.322 e. The number of hydrogen-bond donors (Lipinski definition) is 1. The van der Waals surface area contributed by atoms with Gasteiger partial charge in [0.15, 0.2) is 0 Å². The highest BCUT2D eigenvalue weighted by molar-refractivity contribution is 7.89. The first kappa shape index (κ1) is 24.6. The van der Waals surface area contributed by atoms with Gasteiger partial charge in [0, 0.05) is 18.7 Å². The first-order chi connectivity index (χ1) is 15.9. The molecule has 3 rings (SSSR count). The molecule has 1 heterocycles. The number of nitrogens with zero attached hydrogens (tertiary/aromatic N) is 3. The number of sulfonamides is 1. The number of carbonyl (C=O) groups excluding carboxylic acids is 1. The van der Waals surface area contributed by atoms with Crippen LogP contribution in [0.1, 0.15) is 61.0 Å². The largest absolute Gasteiger partial charge is 0.407 e. The third-order valence-corrected chi connectivity index (χ3v) is 7.09. The second-order valence-electron chi connectivity index (χ2n) is 7.73. The van der Waals surface area contributed by atoms with Crippen LogP contribution in [-0.2, 0) is 22.9 Å². The van der Waals surface area contributed by atoms with Crippen molar-refractivity contribution in [1.29, 1.82) is 0 Å². The summed E-state index contributed by atoms with van der Waals surface area (Å²) in [5.41, 5.74) is 2.58. The van der Waals surface area contributed by atoms with Gasteiger partial charge in [0.05, 0.1) is 11.3 Å². The summed E-state index contributed by atoms with van der Waals surface area (Å²) >= 11 is 0. The molecule has 2 aromatic carbocycles. The van der Waals surface area contributed by atoms with Gasteiger partial charge < -0.3 is 4.42 Å². The van der Waals surface area contributed by atoms with Crippen LogP contribution in [0.25, 0.3) is 0 Å². The Bertz CT molecular complexity index is 1150. The van der Waals surface area contributed by atoms with Gasteiger partial charge in [-0.3, -0.25) is 10.1 Å². The lowest BCUT2D eigenvalue weighted by Crippen LogP contribution is -2.32. The Kier molecular flexibility index (Phi) is 8.35. The lowest BCUT2D eigenvalue weighted by atomic mass is 10.1. The van der Waals surface area contributed by atoms with Gasteiger partial charge in [-0.25, -0.2) is 8.42 Å². The molecular formula is C24H30N4O4S. The van der Waals surface area contributed by atoms with Crippen LogP contribution < -0.4 is 5.32 Å². The van der Waals surface area contributed by atoms with E-state index in [4.69, 9.17) is 4.42 Å². The van der Waals surface area contributed by atoms with E-state index < -0.39 is 15.9 Å². The van der Waals surface area contributed by atoms with Crippen molar-refractivity contribution in [2.75, 3.05) is 18.4 Å². The van der Waals surface area contributed by atoms with Gasteiger partial charge >= 0.3 is 6.01 Å². The van der Waals surface area contributed by atoms with Gasteiger partial charge in [0.25, 0.3) is 5.91 Å². The summed E-state index contributed by atoms with van der Waals surface area (Å²) in [4.78, 5) is 12.7. The van der Waals surface area contributed by atoms with Gasteiger partial charge in [0.2, 0.25) is 15.9 Å². The van der Waals surface area contributed by atoms with E-state index >= 15 is 0 Å².